The molecule has 2 rings (SSSR count). The number of anilines is 1. The van der Waals surface area contributed by atoms with Gasteiger partial charge < -0.3 is 5.32 Å². The van der Waals surface area contributed by atoms with E-state index in [0.29, 0.717) is 21.2 Å². The monoisotopic (exact) mass is 287 g/mol. The smallest absolute Gasteiger partial charge is 0.101 e. The molecule has 19 heavy (non-hydrogen) atoms. The molecule has 2 nitrogen and oxygen atoms in total. The lowest BCUT2D eigenvalue weighted by Crippen LogP contribution is -1.89. The van der Waals surface area contributed by atoms with Crippen LogP contribution in [0.15, 0.2) is 42.6 Å². The Morgan fingerprint density at radius 3 is 2.63 bits per heavy atom. The summed E-state index contributed by atoms with van der Waals surface area (Å²) >= 11 is 11.9. The Bertz CT molecular complexity index is 643. The summed E-state index contributed by atoms with van der Waals surface area (Å²) in [6, 6.07) is 16.0. The van der Waals surface area contributed by atoms with Crippen molar-refractivity contribution in [2.24, 2.45) is 0 Å². The van der Waals surface area contributed by atoms with Crippen molar-refractivity contribution in [2.45, 2.75) is 0 Å². The van der Waals surface area contributed by atoms with E-state index in [2.05, 4.69) is 11.4 Å². The standard InChI is InChI=1S/C15H9Cl2N2/c16-12-8-11(10-18)14(15(17)9-12)6-7-19-13-4-2-1-3-5-13/h1-7,9,19H. The summed E-state index contributed by atoms with van der Waals surface area (Å²) in [4.78, 5) is 0. The fourth-order valence-electron chi connectivity index (χ4n) is 1.54. The molecule has 0 spiro atoms. The molecule has 0 saturated carbocycles. The highest BCUT2D eigenvalue weighted by Gasteiger charge is 2.06. The lowest BCUT2D eigenvalue weighted by Gasteiger charge is -2.03. The molecule has 1 N–H and O–H groups in total. The van der Waals surface area contributed by atoms with Gasteiger partial charge in [0.1, 0.15) is 6.07 Å². The van der Waals surface area contributed by atoms with E-state index in [1.807, 2.05) is 36.4 Å². The quantitative estimate of drug-likeness (QED) is 0.884. The number of hydrogen-bond acceptors (Lipinski definition) is 2. The lowest BCUT2D eigenvalue weighted by atomic mass is 10.1. The number of hydrogen-bond donors (Lipinski definition) is 1. The number of nitrogens with zero attached hydrogens (tertiary/aromatic N) is 1. The molecule has 0 aliphatic heterocycles. The SMILES string of the molecule is N#Cc1[c]c(Cl)cc(Cl)c1C=CNc1ccccc1. The molecule has 0 fully saturated rings. The Hall–Kier alpha value is -1.95. The van der Waals surface area contributed by atoms with Crippen molar-refractivity contribution in [3.63, 3.8) is 0 Å². The zero-order valence-electron chi connectivity index (χ0n) is 9.82. The van der Waals surface area contributed by atoms with E-state index in [1.54, 1.807) is 18.3 Å². The number of para-hydroxylation sites is 1. The minimum atomic E-state index is 0.323. The van der Waals surface area contributed by atoms with E-state index in [1.165, 1.54) is 0 Å². The summed E-state index contributed by atoms with van der Waals surface area (Å²) < 4.78 is 0. The van der Waals surface area contributed by atoms with Gasteiger partial charge >= 0.3 is 0 Å². The summed E-state index contributed by atoms with van der Waals surface area (Å²) in [5.74, 6) is 0. The Kier molecular flexibility index (Phi) is 4.46. The van der Waals surface area contributed by atoms with E-state index in [0.717, 1.165) is 5.69 Å². The van der Waals surface area contributed by atoms with Crippen LogP contribution in [0, 0.1) is 17.4 Å². The number of halogens is 2. The molecule has 0 unspecified atom stereocenters. The summed E-state index contributed by atoms with van der Waals surface area (Å²) in [5, 5.41) is 12.9. The predicted molar refractivity (Wildman–Crippen MR) is 79.1 cm³/mol. The van der Waals surface area contributed by atoms with E-state index < -0.39 is 0 Å². The highest BCUT2D eigenvalue weighted by Crippen LogP contribution is 2.25. The molecule has 0 aliphatic carbocycles. The van der Waals surface area contributed by atoms with Gasteiger partial charge in [-0.25, -0.2) is 0 Å². The third-order valence-corrected chi connectivity index (χ3v) is 2.93. The molecule has 1 radical (unpaired) electrons. The van der Waals surface area contributed by atoms with Gasteiger partial charge in [0.25, 0.3) is 0 Å². The zero-order valence-corrected chi connectivity index (χ0v) is 11.3. The largest absolute Gasteiger partial charge is 0.362 e. The van der Waals surface area contributed by atoms with Crippen LogP contribution in [0.2, 0.25) is 10.0 Å². The van der Waals surface area contributed by atoms with Crippen molar-refractivity contribution < 1.29 is 0 Å². The van der Waals surface area contributed by atoms with Crippen molar-refractivity contribution >= 4 is 35.0 Å². The van der Waals surface area contributed by atoms with Crippen LogP contribution < -0.4 is 5.32 Å². The van der Waals surface area contributed by atoms with Crippen LogP contribution >= 0.6 is 23.2 Å². The van der Waals surface area contributed by atoms with Crippen molar-refractivity contribution in [3.8, 4) is 6.07 Å². The van der Waals surface area contributed by atoms with Crippen LogP contribution in [0.3, 0.4) is 0 Å². The molecule has 2 aromatic rings. The van der Waals surface area contributed by atoms with Crippen molar-refractivity contribution in [1.82, 2.24) is 0 Å². The van der Waals surface area contributed by atoms with Crippen LogP contribution in [0.25, 0.3) is 6.08 Å². The lowest BCUT2D eigenvalue weighted by molar-refractivity contribution is 1.46. The van der Waals surface area contributed by atoms with Crippen molar-refractivity contribution in [1.29, 1.82) is 5.26 Å². The summed E-state index contributed by atoms with van der Waals surface area (Å²) in [6.07, 6.45) is 3.44. The molecule has 2 aromatic carbocycles. The minimum Gasteiger partial charge on any atom is -0.362 e. The first-order valence-corrected chi connectivity index (χ1v) is 6.26. The fourth-order valence-corrected chi connectivity index (χ4v) is 2.06. The van der Waals surface area contributed by atoms with Gasteiger partial charge in [-0.1, -0.05) is 41.4 Å². The molecule has 0 aliphatic rings. The zero-order chi connectivity index (χ0) is 13.7. The Morgan fingerprint density at radius 2 is 1.95 bits per heavy atom. The van der Waals surface area contributed by atoms with Crippen LogP contribution in [-0.4, -0.2) is 0 Å². The fraction of sp³-hybridized carbons (Fsp3) is 0. The summed E-state index contributed by atoms with van der Waals surface area (Å²) in [7, 11) is 0. The first kappa shape index (κ1) is 13.5. The highest BCUT2D eigenvalue weighted by molar-refractivity contribution is 6.35. The normalized spacial score (nSPS) is 10.4. The Balaban J connectivity index is 2.22. The van der Waals surface area contributed by atoms with Gasteiger partial charge in [0.2, 0.25) is 0 Å². The van der Waals surface area contributed by atoms with Gasteiger partial charge in [0.15, 0.2) is 0 Å². The predicted octanol–water partition coefficient (Wildman–Crippen LogP) is 4.75. The minimum absolute atomic E-state index is 0.323. The number of nitrogens with one attached hydrogen (secondary N) is 1. The molecule has 0 bridgehead atoms. The molecule has 0 heterocycles. The first-order valence-electron chi connectivity index (χ1n) is 5.50. The molecule has 0 atom stereocenters. The van der Waals surface area contributed by atoms with Gasteiger partial charge in [-0.2, -0.15) is 5.26 Å². The van der Waals surface area contributed by atoms with E-state index >= 15 is 0 Å². The third kappa shape index (κ3) is 3.51. The first-order chi connectivity index (χ1) is 9.20. The molecule has 4 heteroatoms. The van der Waals surface area contributed by atoms with Crippen LogP contribution in [0.4, 0.5) is 5.69 Å². The molecular formula is C15H9Cl2N2. The van der Waals surface area contributed by atoms with Crippen molar-refractivity contribution in [2.75, 3.05) is 5.32 Å². The van der Waals surface area contributed by atoms with Crippen LogP contribution in [0.1, 0.15) is 11.1 Å². The van der Waals surface area contributed by atoms with Crippen LogP contribution in [-0.2, 0) is 0 Å². The summed E-state index contributed by atoms with van der Waals surface area (Å²) in [5.41, 5.74) is 1.87. The number of benzene rings is 2. The number of rotatable bonds is 3. The van der Waals surface area contributed by atoms with Gasteiger partial charge in [-0.05, 0) is 24.3 Å². The van der Waals surface area contributed by atoms with Crippen LogP contribution in [0.5, 0.6) is 0 Å². The molecule has 0 saturated heterocycles. The average Bonchev–Trinajstić information content (AvgIpc) is 2.42. The molecule has 0 amide bonds. The maximum atomic E-state index is 9.03. The van der Waals surface area contributed by atoms with Gasteiger partial charge in [-0.15, -0.1) is 0 Å². The van der Waals surface area contributed by atoms with Gasteiger partial charge in [0.05, 0.1) is 15.6 Å². The maximum absolute atomic E-state index is 9.03. The van der Waals surface area contributed by atoms with E-state index in [-0.39, 0.29) is 0 Å². The Labute approximate surface area is 121 Å². The topological polar surface area (TPSA) is 35.8 Å². The summed E-state index contributed by atoms with van der Waals surface area (Å²) in [6.45, 7) is 0. The van der Waals surface area contributed by atoms with E-state index in [4.69, 9.17) is 28.5 Å². The second-order valence-electron chi connectivity index (χ2n) is 3.71. The molecular weight excluding hydrogens is 279 g/mol. The molecule has 0 aromatic heterocycles. The third-order valence-electron chi connectivity index (χ3n) is 2.41. The second-order valence-corrected chi connectivity index (χ2v) is 4.52. The molecule has 93 valence electrons. The highest BCUT2D eigenvalue weighted by atomic mass is 35.5. The number of nitriles is 1. The second kappa shape index (κ2) is 6.29. The average molecular weight is 288 g/mol. The maximum Gasteiger partial charge on any atom is 0.101 e. The van der Waals surface area contributed by atoms with Crippen molar-refractivity contribution in [3.05, 3.63) is 69.8 Å². The van der Waals surface area contributed by atoms with Gasteiger partial charge in [-0.3, -0.25) is 0 Å². The Morgan fingerprint density at radius 1 is 1.21 bits per heavy atom. The van der Waals surface area contributed by atoms with Gasteiger partial charge in [0, 0.05) is 23.5 Å². The van der Waals surface area contributed by atoms with E-state index in [9.17, 15) is 0 Å².